The molecule has 1 aromatic heterocycles. The second-order valence-electron chi connectivity index (χ2n) is 5.21. The molecule has 132 valence electrons. The number of nitrogens with zero attached hydrogens (tertiary/aromatic N) is 1. The maximum atomic E-state index is 13.3. The maximum absolute atomic E-state index is 13.3. The number of rotatable bonds is 3. The average molecular weight is 439 g/mol. The molecule has 1 heterocycles. The number of hydrogen-bond donors (Lipinski definition) is 2. The third-order valence-electron chi connectivity index (χ3n) is 3.48. The third kappa shape index (κ3) is 3.61. The van der Waals surface area contributed by atoms with Gasteiger partial charge in [0.25, 0.3) is 11.5 Å². The van der Waals surface area contributed by atoms with Crippen molar-refractivity contribution in [2.45, 2.75) is 0 Å². The van der Waals surface area contributed by atoms with Crippen LogP contribution in [-0.2, 0) is 0 Å². The molecule has 0 aliphatic heterocycles. The van der Waals surface area contributed by atoms with Gasteiger partial charge >= 0.3 is 5.69 Å². The van der Waals surface area contributed by atoms with Gasteiger partial charge in [0.05, 0.1) is 10.7 Å². The summed E-state index contributed by atoms with van der Waals surface area (Å²) >= 11 is 8.98. The molecule has 6 nitrogen and oxygen atoms in total. The number of nitrogens with one attached hydrogen (secondary N) is 2. The second-order valence-corrected chi connectivity index (χ2v) is 6.53. The van der Waals surface area contributed by atoms with Crippen LogP contribution in [0.2, 0.25) is 5.02 Å². The van der Waals surface area contributed by atoms with Crippen molar-refractivity contribution >= 4 is 39.1 Å². The lowest BCUT2D eigenvalue weighted by atomic mass is 10.2. The molecule has 0 aliphatic carbocycles. The van der Waals surface area contributed by atoms with Gasteiger partial charge in [0.2, 0.25) is 0 Å². The minimum absolute atomic E-state index is 0.0425. The van der Waals surface area contributed by atoms with Crippen LogP contribution in [0.15, 0.2) is 62.7 Å². The Morgan fingerprint density at radius 1 is 1.15 bits per heavy atom. The number of carbonyl (C=O) groups excluding carboxylic acids is 1. The van der Waals surface area contributed by atoms with Crippen LogP contribution in [0, 0.1) is 5.82 Å². The van der Waals surface area contributed by atoms with Crippen LogP contribution >= 0.6 is 27.5 Å². The molecule has 0 bridgehead atoms. The van der Waals surface area contributed by atoms with Gasteiger partial charge in [0.15, 0.2) is 0 Å². The maximum Gasteiger partial charge on any atom is 0.333 e. The summed E-state index contributed by atoms with van der Waals surface area (Å²) in [5, 5.41) is 2.31. The number of halogens is 3. The minimum atomic E-state index is -0.856. The zero-order valence-electron chi connectivity index (χ0n) is 12.9. The molecule has 0 unspecified atom stereocenters. The molecule has 0 aliphatic rings. The van der Waals surface area contributed by atoms with E-state index >= 15 is 0 Å². The SMILES string of the molecule is O=C(Nc1ccc(Br)cc1)c1c[nH]c(=O)n(-c2ccc(F)c(Cl)c2)c1=O. The molecule has 26 heavy (non-hydrogen) atoms. The average Bonchev–Trinajstić information content (AvgIpc) is 2.60. The van der Waals surface area contributed by atoms with Gasteiger partial charge in [-0.2, -0.15) is 0 Å². The highest BCUT2D eigenvalue weighted by molar-refractivity contribution is 9.10. The number of hydrogen-bond acceptors (Lipinski definition) is 3. The highest BCUT2D eigenvalue weighted by atomic mass is 79.9. The topological polar surface area (TPSA) is 84.0 Å². The lowest BCUT2D eigenvalue weighted by molar-refractivity contribution is 0.102. The zero-order chi connectivity index (χ0) is 18.8. The molecule has 1 amide bonds. The van der Waals surface area contributed by atoms with Gasteiger partial charge in [0.1, 0.15) is 11.4 Å². The zero-order valence-corrected chi connectivity index (χ0v) is 15.3. The van der Waals surface area contributed by atoms with Crippen molar-refractivity contribution in [1.82, 2.24) is 9.55 Å². The lowest BCUT2D eigenvalue weighted by Gasteiger charge is -2.09. The van der Waals surface area contributed by atoms with E-state index in [1.807, 2.05) is 0 Å². The monoisotopic (exact) mass is 437 g/mol. The molecule has 0 saturated carbocycles. The number of benzene rings is 2. The van der Waals surface area contributed by atoms with Crippen molar-refractivity contribution < 1.29 is 9.18 Å². The van der Waals surface area contributed by atoms with Gasteiger partial charge in [-0.15, -0.1) is 0 Å². The van der Waals surface area contributed by atoms with Crippen LogP contribution in [0.5, 0.6) is 0 Å². The summed E-state index contributed by atoms with van der Waals surface area (Å²) in [7, 11) is 0. The van der Waals surface area contributed by atoms with Crippen molar-refractivity contribution in [3.8, 4) is 5.69 Å². The summed E-state index contributed by atoms with van der Waals surface area (Å²) in [5.74, 6) is -1.39. The van der Waals surface area contributed by atoms with Crippen molar-refractivity contribution in [2.24, 2.45) is 0 Å². The molecule has 3 rings (SSSR count). The first-order valence-corrected chi connectivity index (χ1v) is 8.41. The molecule has 3 aromatic rings. The molecular formula is C17H10BrClFN3O3. The fourth-order valence-corrected chi connectivity index (χ4v) is 2.66. The molecule has 0 fully saturated rings. The van der Waals surface area contributed by atoms with E-state index in [0.29, 0.717) is 10.3 Å². The van der Waals surface area contributed by atoms with Crippen LogP contribution in [0.25, 0.3) is 5.69 Å². The number of amides is 1. The first kappa shape index (κ1) is 18.1. The predicted molar refractivity (Wildman–Crippen MR) is 99.7 cm³/mol. The molecule has 0 spiro atoms. The van der Waals surface area contributed by atoms with E-state index in [2.05, 4.69) is 26.2 Å². The molecule has 0 atom stereocenters. The van der Waals surface area contributed by atoms with E-state index in [0.717, 1.165) is 22.8 Å². The first-order valence-electron chi connectivity index (χ1n) is 7.24. The highest BCUT2D eigenvalue weighted by Crippen LogP contribution is 2.17. The van der Waals surface area contributed by atoms with Gasteiger partial charge in [-0.05, 0) is 42.5 Å². The Bertz CT molecular complexity index is 1110. The van der Waals surface area contributed by atoms with Crippen LogP contribution in [0.3, 0.4) is 0 Å². The summed E-state index contributed by atoms with van der Waals surface area (Å²) in [6, 6.07) is 10.1. The van der Waals surface area contributed by atoms with E-state index in [1.165, 1.54) is 6.07 Å². The van der Waals surface area contributed by atoms with Crippen molar-refractivity contribution in [3.05, 3.63) is 90.4 Å². The molecule has 9 heteroatoms. The van der Waals surface area contributed by atoms with Crippen LogP contribution in [-0.4, -0.2) is 15.5 Å². The van der Waals surface area contributed by atoms with Gasteiger partial charge in [-0.25, -0.2) is 13.8 Å². The van der Waals surface area contributed by atoms with Gasteiger partial charge < -0.3 is 10.3 Å². The van der Waals surface area contributed by atoms with Gasteiger partial charge in [0, 0.05) is 16.4 Å². The minimum Gasteiger partial charge on any atom is -0.322 e. The van der Waals surface area contributed by atoms with E-state index in [-0.39, 0.29) is 16.3 Å². The van der Waals surface area contributed by atoms with Crippen molar-refractivity contribution in [2.75, 3.05) is 5.32 Å². The number of aromatic nitrogens is 2. The quantitative estimate of drug-likeness (QED) is 0.658. The van der Waals surface area contributed by atoms with Gasteiger partial charge in [-0.1, -0.05) is 27.5 Å². The Hall–Kier alpha value is -2.71. The van der Waals surface area contributed by atoms with Crippen LogP contribution < -0.4 is 16.6 Å². The smallest absolute Gasteiger partial charge is 0.322 e. The third-order valence-corrected chi connectivity index (χ3v) is 4.30. The Kier molecular flexibility index (Phi) is 5.06. The Morgan fingerprint density at radius 2 is 1.85 bits per heavy atom. The summed E-state index contributed by atoms with van der Waals surface area (Å²) in [6.45, 7) is 0. The Labute approximate surface area is 159 Å². The van der Waals surface area contributed by atoms with Crippen molar-refractivity contribution in [3.63, 3.8) is 0 Å². The van der Waals surface area contributed by atoms with E-state index in [4.69, 9.17) is 11.6 Å². The predicted octanol–water partition coefficient (Wildman–Crippen LogP) is 3.33. The fourth-order valence-electron chi connectivity index (χ4n) is 2.23. The van der Waals surface area contributed by atoms with E-state index in [1.54, 1.807) is 24.3 Å². The number of H-pyrrole nitrogens is 1. The molecular weight excluding hydrogens is 429 g/mol. The van der Waals surface area contributed by atoms with Gasteiger partial charge in [-0.3, -0.25) is 9.59 Å². The molecule has 0 saturated heterocycles. The van der Waals surface area contributed by atoms with Crippen LogP contribution in [0.4, 0.5) is 10.1 Å². The normalized spacial score (nSPS) is 10.6. The largest absolute Gasteiger partial charge is 0.333 e. The fraction of sp³-hybridized carbons (Fsp3) is 0. The Morgan fingerprint density at radius 3 is 2.50 bits per heavy atom. The highest BCUT2D eigenvalue weighted by Gasteiger charge is 2.16. The molecule has 0 radical (unpaired) electrons. The summed E-state index contributed by atoms with van der Waals surface area (Å²) < 4.78 is 14.9. The number of anilines is 1. The first-order chi connectivity index (χ1) is 12.4. The molecule has 2 aromatic carbocycles. The Balaban J connectivity index is 2.03. The van der Waals surface area contributed by atoms with Crippen LogP contribution in [0.1, 0.15) is 10.4 Å². The summed E-state index contributed by atoms with van der Waals surface area (Å²) in [6.07, 6.45) is 1.03. The molecule has 2 N–H and O–H groups in total. The standard InChI is InChI=1S/C17H10BrClFN3O3/c18-9-1-3-10(4-2-9)22-15(24)12-8-21-17(26)23(16(12)25)11-5-6-14(20)13(19)7-11/h1-8H,(H,21,26)(H,22,24). The van der Waals surface area contributed by atoms with E-state index < -0.39 is 23.0 Å². The van der Waals surface area contributed by atoms with Crippen molar-refractivity contribution in [1.29, 1.82) is 0 Å². The summed E-state index contributed by atoms with van der Waals surface area (Å²) in [4.78, 5) is 39.4. The second kappa shape index (κ2) is 7.27. The number of aromatic amines is 1. The summed E-state index contributed by atoms with van der Waals surface area (Å²) in [5.41, 5.74) is -1.40. The lowest BCUT2D eigenvalue weighted by Crippen LogP contribution is -2.38. The number of carbonyl (C=O) groups is 1. The van der Waals surface area contributed by atoms with E-state index in [9.17, 15) is 18.8 Å².